The fourth-order valence-corrected chi connectivity index (χ4v) is 3.30. The van der Waals surface area contributed by atoms with Crippen molar-refractivity contribution in [3.05, 3.63) is 35.2 Å². The predicted molar refractivity (Wildman–Crippen MR) is 74.3 cm³/mol. The minimum atomic E-state index is -1.71. The molecule has 1 N–H and O–H groups in total. The number of anilines is 1. The number of rotatable bonds is 3. The number of fused-ring (bicyclic) bond motifs is 1. The lowest BCUT2D eigenvalue weighted by Gasteiger charge is -2.55. The quantitative estimate of drug-likeness (QED) is 0.396. The van der Waals surface area contributed by atoms with E-state index < -0.39 is 29.2 Å². The van der Waals surface area contributed by atoms with Crippen LogP contribution in [-0.2, 0) is 0 Å². The molecule has 0 saturated heterocycles. The summed E-state index contributed by atoms with van der Waals surface area (Å²) in [7, 11) is 0. The molecule has 0 aromatic carbocycles. The highest BCUT2D eigenvalue weighted by Crippen LogP contribution is 2.58. The van der Waals surface area contributed by atoms with Crippen molar-refractivity contribution in [1.29, 1.82) is 0 Å². The summed E-state index contributed by atoms with van der Waals surface area (Å²) in [6.07, 6.45) is 5.49. The SMILES string of the molecule is CC1(C)[C@H]2CC=C(/C=N/Nc3c(F)c(F)nc(F)c3F)[C@H]1C2. The molecule has 118 valence electrons. The number of nitrogens with zero attached hydrogens (tertiary/aromatic N) is 2. The average molecular weight is 313 g/mol. The van der Waals surface area contributed by atoms with Crippen molar-refractivity contribution >= 4 is 11.9 Å². The van der Waals surface area contributed by atoms with Gasteiger partial charge in [0.15, 0.2) is 0 Å². The molecule has 7 heteroatoms. The summed E-state index contributed by atoms with van der Waals surface area (Å²) in [6, 6.07) is 0. The molecule has 0 spiro atoms. The molecule has 1 fully saturated rings. The van der Waals surface area contributed by atoms with Gasteiger partial charge in [0.1, 0.15) is 5.69 Å². The van der Waals surface area contributed by atoms with Crippen molar-refractivity contribution in [2.75, 3.05) is 5.43 Å². The molecule has 1 saturated carbocycles. The molecule has 4 rings (SSSR count). The van der Waals surface area contributed by atoms with Gasteiger partial charge in [-0.3, -0.25) is 5.43 Å². The number of aromatic nitrogens is 1. The van der Waals surface area contributed by atoms with E-state index in [0.717, 1.165) is 18.4 Å². The van der Waals surface area contributed by atoms with Crippen molar-refractivity contribution in [2.45, 2.75) is 26.7 Å². The average Bonchev–Trinajstić information content (AvgIpc) is 2.48. The molecule has 0 amide bonds. The highest BCUT2D eigenvalue weighted by atomic mass is 19.2. The Balaban J connectivity index is 1.78. The Bertz CT molecular complexity index is 656. The van der Waals surface area contributed by atoms with Crippen LogP contribution in [0.25, 0.3) is 0 Å². The van der Waals surface area contributed by atoms with E-state index in [9.17, 15) is 17.6 Å². The Morgan fingerprint density at radius 1 is 1.23 bits per heavy atom. The zero-order valence-corrected chi connectivity index (χ0v) is 12.1. The highest BCUT2D eigenvalue weighted by Gasteiger charge is 2.50. The molecule has 1 aromatic heterocycles. The molecular formula is C15H15F4N3. The van der Waals surface area contributed by atoms with Gasteiger partial charge >= 0.3 is 0 Å². The van der Waals surface area contributed by atoms with Gasteiger partial charge in [0.25, 0.3) is 11.9 Å². The Morgan fingerprint density at radius 2 is 1.86 bits per heavy atom. The first-order chi connectivity index (χ1) is 10.3. The second-order valence-corrected chi connectivity index (χ2v) is 6.31. The summed E-state index contributed by atoms with van der Waals surface area (Å²) in [5.74, 6) is -5.62. The molecule has 3 aliphatic rings. The Kier molecular flexibility index (Phi) is 3.45. The molecule has 2 bridgehead atoms. The van der Waals surface area contributed by atoms with Crippen LogP contribution >= 0.6 is 0 Å². The van der Waals surface area contributed by atoms with Gasteiger partial charge in [0, 0.05) is 0 Å². The van der Waals surface area contributed by atoms with Gasteiger partial charge in [-0.15, -0.1) is 0 Å². The molecule has 1 aromatic rings. The van der Waals surface area contributed by atoms with Crippen molar-refractivity contribution in [3.8, 4) is 0 Å². The molecule has 22 heavy (non-hydrogen) atoms. The molecule has 3 aliphatic carbocycles. The van der Waals surface area contributed by atoms with Crippen LogP contribution in [-0.4, -0.2) is 11.2 Å². The lowest BCUT2D eigenvalue weighted by Crippen LogP contribution is -2.48. The summed E-state index contributed by atoms with van der Waals surface area (Å²) >= 11 is 0. The van der Waals surface area contributed by atoms with Gasteiger partial charge < -0.3 is 0 Å². The maximum Gasteiger partial charge on any atom is 0.254 e. The zero-order chi connectivity index (χ0) is 16.1. The molecule has 2 atom stereocenters. The minimum Gasteiger partial charge on any atom is -0.272 e. The number of hydrazone groups is 1. The van der Waals surface area contributed by atoms with Crippen LogP contribution < -0.4 is 5.43 Å². The Morgan fingerprint density at radius 3 is 2.41 bits per heavy atom. The van der Waals surface area contributed by atoms with Gasteiger partial charge in [0.2, 0.25) is 11.6 Å². The van der Waals surface area contributed by atoms with E-state index >= 15 is 0 Å². The number of halogens is 4. The standard InChI is InChI=1S/C15H15F4N3/c1-15(2)8-4-3-7(9(15)5-8)6-20-22-12-10(16)13(18)21-14(19)11(12)17/h3,6,8-9H,4-5H2,1-2H3,(H,21,22)/b20-6+/t8-,9+/m0/s1. The summed E-state index contributed by atoms with van der Waals surface area (Å²) in [4.78, 5) is 2.48. The van der Waals surface area contributed by atoms with Crippen LogP contribution in [0.5, 0.6) is 0 Å². The van der Waals surface area contributed by atoms with E-state index in [2.05, 4.69) is 23.9 Å². The summed E-state index contributed by atoms with van der Waals surface area (Å²) in [5.41, 5.74) is 2.20. The van der Waals surface area contributed by atoms with Crippen molar-refractivity contribution < 1.29 is 17.6 Å². The Labute approximate surface area is 125 Å². The van der Waals surface area contributed by atoms with Crippen molar-refractivity contribution in [2.24, 2.45) is 22.4 Å². The second kappa shape index (κ2) is 5.07. The minimum absolute atomic E-state index is 0.182. The van der Waals surface area contributed by atoms with E-state index in [0.29, 0.717) is 11.8 Å². The monoisotopic (exact) mass is 313 g/mol. The largest absolute Gasteiger partial charge is 0.272 e. The summed E-state index contributed by atoms with van der Waals surface area (Å²) in [6.45, 7) is 4.35. The number of hydrogen-bond donors (Lipinski definition) is 1. The van der Waals surface area contributed by atoms with Crippen LogP contribution in [0.2, 0.25) is 0 Å². The van der Waals surface area contributed by atoms with E-state index in [1.807, 2.05) is 11.5 Å². The van der Waals surface area contributed by atoms with E-state index in [1.165, 1.54) is 6.21 Å². The van der Waals surface area contributed by atoms with Crippen molar-refractivity contribution in [3.63, 3.8) is 0 Å². The number of hydrogen-bond acceptors (Lipinski definition) is 3. The van der Waals surface area contributed by atoms with Gasteiger partial charge in [-0.2, -0.15) is 27.6 Å². The van der Waals surface area contributed by atoms with Gasteiger partial charge in [0.05, 0.1) is 6.21 Å². The lowest BCUT2D eigenvalue weighted by molar-refractivity contribution is -0.00124. The first-order valence-corrected chi connectivity index (χ1v) is 7.01. The molecule has 0 aliphatic heterocycles. The van der Waals surface area contributed by atoms with Crippen LogP contribution in [0, 0.1) is 40.8 Å². The fraction of sp³-hybridized carbons (Fsp3) is 0.467. The highest BCUT2D eigenvalue weighted by molar-refractivity contribution is 5.81. The summed E-state index contributed by atoms with van der Waals surface area (Å²) < 4.78 is 52.8. The van der Waals surface area contributed by atoms with Crippen LogP contribution in [0.1, 0.15) is 26.7 Å². The number of nitrogens with one attached hydrogen (secondary N) is 1. The van der Waals surface area contributed by atoms with Crippen LogP contribution in [0.4, 0.5) is 23.2 Å². The maximum absolute atomic E-state index is 13.4. The lowest BCUT2D eigenvalue weighted by atomic mass is 9.49. The second-order valence-electron chi connectivity index (χ2n) is 6.31. The number of pyridine rings is 1. The van der Waals surface area contributed by atoms with Crippen LogP contribution in [0.3, 0.4) is 0 Å². The van der Waals surface area contributed by atoms with E-state index in [1.54, 1.807) is 0 Å². The third kappa shape index (κ3) is 2.19. The topological polar surface area (TPSA) is 37.3 Å². The third-order valence-electron chi connectivity index (χ3n) is 4.90. The first-order valence-electron chi connectivity index (χ1n) is 7.01. The number of allylic oxidation sites excluding steroid dienone is 2. The molecule has 3 nitrogen and oxygen atoms in total. The predicted octanol–water partition coefficient (Wildman–Crippen LogP) is 4.03. The third-order valence-corrected chi connectivity index (χ3v) is 4.90. The van der Waals surface area contributed by atoms with Gasteiger partial charge in [-0.05, 0) is 35.7 Å². The van der Waals surface area contributed by atoms with Crippen molar-refractivity contribution in [1.82, 2.24) is 4.98 Å². The molecule has 0 unspecified atom stereocenters. The van der Waals surface area contributed by atoms with E-state index in [-0.39, 0.29) is 5.41 Å². The molecule has 0 radical (unpaired) electrons. The van der Waals surface area contributed by atoms with Gasteiger partial charge in [-0.25, -0.2) is 0 Å². The maximum atomic E-state index is 13.4. The zero-order valence-electron chi connectivity index (χ0n) is 12.1. The van der Waals surface area contributed by atoms with Crippen LogP contribution in [0.15, 0.2) is 16.8 Å². The van der Waals surface area contributed by atoms with E-state index in [4.69, 9.17) is 0 Å². The normalized spacial score (nSPS) is 25.8. The fourth-order valence-electron chi connectivity index (χ4n) is 3.30. The smallest absolute Gasteiger partial charge is 0.254 e. The summed E-state index contributed by atoms with van der Waals surface area (Å²) in [5, 5.41) is 3.73. The van der Waals surface area contributed by atoms with Gasteiger partial charge in [-0.1, -0.05) is 19.9 Å². The molecule has 1 heterocycles. The Hall–Kier alpha value is -1.92. The molecular weight excluding hydrogens is 298 g/mol. The first kappa shape index (κ1) is 15.0.